The third-order valence-corrected chi connectivity index (χ3v) is 5.12. The first-order valence-electron chi connectivity index (χ1n) is 8.18. The summed E-state index contributed by atoms with van der Waals surface area (Å²) in [5.74, 6) is 0. The smallest absolute Gasteiger partial charge is 0.399 e. The number of rotatable bonds is 3. The third-order valence-electron chi connectivity index (χ3n) is 5.12. The molecule has 7 heteroatoms. The molecule has 1 aliphatic rings. The van der Waals surface area contributed by atoms with E-state index in [1.54, 1.807) is 12.1 Å². The van der Waals surface area contributed by atoms with Gasteiger partial charge in [0.25, 0.3) is 5.69 Å². The van der Waals surface area contributed by atoms with E-state index < -0.39 is 18.3 Å². The van der Waals surface area contributed by atoms with Crippen molar-refractivity contribution >= 4 is 29.2 Å². The van der Waals surface area contributed by atoms with E-state index in [2.05, 4.69) is 0 Å². The molecule has 1 aliphatic heterocycles. The van der Waals surface area contributed by atoms with Crippen LogP contribution < -0.4 is 5.46 Å². The predicted octanol–water partition coefficient (Wildman–Crippen LogP) is 3.43. The van der Waals surface area contributed by atoms with Crippen LogP contribution in [0.15, 0.2) is 24.4 Å². The van der Waals surface area contributed by atoms with E-state index in [-0.39, 0.29) is 16.7 Å². The molecule has 1 aromatic carbocycles. The third kappa shape index (κ3) is 2.52. The van der Waals surface area contributed by atoms with E-state index in [4.69, 9.17) is 9.31 Å². The normalized spacial score (nSPS) is 19.4. The highest BCUT2D eigenvalue weighted by Gasteiger charge is 2.52. The molecule has 0 radical (unpaired) electrons. The van der Waals surface area contributed by atoms with E-state index in [1.807, 2.05) is 52.3 Å². The Morgan fingerprint density at radius 1 is 1.17 bits per heavy atom. The molecular weight excluding hydrogens is 307 g/mol. The molecule has 0 spiro atoms. The number of aromatic nitrogens is 1. The van der Waals surface area contributed by atoms with Crippen molar-refractivity contribution in [1.29, 1.82) is 0 Å². The summed E-state index contributed by atoms with van der Waals surface area (Å²) >= 11 is 0. The average Bonchev–Trinajstić information content (AvgIpc) is 2.93. The number of benzene rings is 1. The molecular formula is C17H23BN2O4. The highest BCUT2D eigenvalue weighted by atomic mass is 16.7. The largest absolute Gasteiger partial charge is 0.497 e. The number of nitro benzene ring substituents is 1. The van der Waals surface area contributed by atoms with Crippen molar-refractivity contribution < 1.29 is 14.2 Å². The number of hydrogen-bond acceptors (Lipinski definition) is 4. The van der Waals surface area contributed by atoms with Crippen LogP contribution in [0.4, 0.5) is 5.69 Å². The Kier molecular flexibility index (Phi) is 3.77. The van der Waals surface area contributed by atoms with Crippen molar-refractivity contribution in [1.82, 2.24) is 4.57 Å². The summed E-state index contributed by atoms with van der Waals surface area (Å²) in [7, 11) is -0.487. The van der Waals surface area contributed by atoms with Gasteiger partial charge in [-0.2, -0.15) is 0 Å². The van der Waals surface area contributed by atoms with Gasteiger partial charge in [0.15, 0.2) is 0 Å². The lowest BCUT2D eigenvalue weighted by Gasteiger charge is -2.32. The van der Waals surface area contributed by atoms with Gasteiger partial charge in [-0.05, 0) is 53.0 Å². The van der Waals surface area contributed by atoms with Crippen LogP contribution in [-0.4, -0.2) is 27.8 Å². The summed E-state index contributed by atoms with van der Waals surface area (Å²) in [6.07, 6.45) is 1.99. The molecule has 2 heterocycles. The number of fused-ring (bicyclic) bond motifs is 1. The Morgan fingerprint density at radius 2 is 1.75 bits per heavy atom. The van der Waals surface area contributed by atoms with Gasteiger partial charge in [0.1, 0.15) is 0 Å². The van der Waals surface area contributed by atoms with Crippen LogP contribution in [0.1, 0.15) is 47.6 Å². The number of nitrogens with zero attached hydrogens (tertiary/aromatic N) is 2. The zero-order valence-electron chi connectivity index (χ0n) is 15.0. The summed E-state index contributed by atoms with van der Waals surface area (Å²) in [5, 5.41) is 12.0. The van der Waals surface area contributed by atoms with Crippen molar-refractivity contribution in [3.63, 3.8) is 0 Å². The molecule has 0 amide bonds. The first-order chi connectivity index (χ1) is 11.0. The fourth-order valence-electron chi connectivity index (χ4n) is 2.97. The maximum absolute atomic E-state index is 11.1. The summed E-state index contributed by atoms with van der Waals surface area (Å²) < 4.78 is 14.3. The van der Waals surface area contributed by atoms with Crippen LogP contribution in [0.5, 0.6) is 0 Å². The van der Waals surface area contributed by atoms with Crippen molar-refractivity contribution in [3.05, 3.63) is 34.5 Å². The SMILES string of the molecule is CC(C)n1cc(B2OC(C)(C)C(C)(C)O2)c2ccc([N+](=O)[O-])cc21. The van der Waals surface area contributed by atoms with Gasteiger partial charge < -0.3 is 13.9 Å². The molecule has 128 valence electrons. The van der Waals surface area contributed by atoms with E-state index in [9.17, 15) is 10.1 Å². The molecule has 1 saturated heterocycles. The minimum Gasteiger partial charge on any atom is -0.399 e. The molecule has 1 aromatic heterocycles. The first kappa shape index (κ1) is 17.0. The first-order valence-corrected chi connectivity index (χ1v) is 8.18. The monoisotopic (exact) mass is 330 g/mol. The Morgan fingerprint density at radius 3 is 2.25 bits per heavy atom. The zero-order chi connectivity index (χ0) is 17.9. The lowest BCUT2D eigenvalue weighted by molar-refractivity contribution is -0.384. The molecule has 24 heavy (non-hydrogen) atoms. The van der Waals surface area contributed by atoms with E-state index in [1.165, 1.54) is 6.07 Å². The maximum atomic E-state index is 11.1. The van der Waals surface area contributed by atoms with Gasteiger partial charge in [0.05, 0.1) is 21.6 Å². The number of nitro groups is 1. The van der Waals surface area contributed by atoms with E-state index in [0.29, 0.717) is 0 Å². The van der Waals surface area contributed by atoms with Crippen LogP contribution in [-0.2, 0) is 9.31 Å². The Labute approximate surface area is 142 Å². The molecule has 2 aromatic rings. The molecule has 0 saturated carbocycles. The minimum absolute atomic E-state index is 0.0861. The molecule has 3 rings (SSSR count). The average molecular weight is 330 g/mol. The van der Waals surface area contributed by atoms with Crippen LogP contribution in [0.25, 0.3) is 10.9 Å². The highest BCUT2D eigenvalue weighted by molar-refractivity contribution is 6.65. The zero-order valence-corrected chi connectivity index (χ0v) is 15.0. The van der Waals surface area contributed by atoms with Crippen LogP contribution in [0.2, 0.25) is 0 Å². The Bertz CT molecular complexity index is 794. The highest BCUT2D eigenvalue weighted by Crippen LogP contribution is 2.37. The topological polar surface area (TPSA) is 66.5 Å². The van der Waals surface area contributed by atoms with Crippen molar-refractivity contribution in [3.8, 4) is 0 Å². The fourth-order valence-corrected chi connectivity index (χ4v) is 2.97. The van der Waals surface area contributed by atoms with Crippen molar-refractivity contribution in [2.24, 2.45) is 0 Å². The maximum Gasteiger partial charge on any atom is 0.497 e. The van der Waals surface area contributed by atoms with E-state index >= 15 is 0 Å². The van der Waals surface area contributed by atoms with Crippen LogP contribution in [0.3, 0.4) is 0 Å². The standard InChI is InChI=1S/C17H23BN2O4/c1-11(2)19-10-14(18-23-16(3,4)17(5,6)24-18)13-8-7-12(20(21)22)9-15(13)19/h7-11H,1-6H3. The van der Waals surface area contributed by atoms with Gasteiger partial charge in [0.2, 0.25) is 0 Å². The molecule has 0 aliphatic carbocycles. The summed E-state index contributed by atoms with van der Waals surface area (Å²) in [6, 6.07) is 5.10. The minimum atomic E-state index is -0.487. The second kappa shape index (κ2) is 5.32. The van der Waals surface area contributed by atoms with Gasteiger partial charge in [-0.3, -0.25) is 10.1 Å². The Balaban J connectivity index is 2.15. The van der Waals surface area contributed by atoms with Crippen LogP contribution in [0, 0.1) is 10.1 Å². The molecule has 1 fully saturated rings. The molecule has 0 atom stereocenters. The van der Waals surface area contributed by atoms with Gasteiger partial charge in [-0.15, -0.1) is 0 Å². The second-order valence-electron chi connectivity index (χ2n) is 7.63. The van der Waals surface area contributed by atoms with Crippen molar-refractivity contribution in [2.75, 3.05) is 0 Å². The second-order valence-corrected chi connectivity index (χ2v) is 7.63. The van der Waals surface area contributed by atoms with Crippen molar-refractivity contribution in [2.45, 2.75) is 58.8 Å². The lowest BCUT2D eigenvalue weighted by atomic mass is 9.79. The molecule has 0 unspecified atom stereocenters. The summed E-state index contributed by atoms with van der Waals surface area (Å²) in [4.78, 5) is 10.7. The number of non-ortho nitro benzene ring substituents is 1. The summed E-state index contributed by atoms with van der Waals surface area (Å²) in [5.41, 5.74) is 0.967. The molecule has 6 nitrogen and oxygen atoms in total. The predicted molar refractivity (Wildman–Crippen MR) is 94.7 cm³/mol. The molecule has 0 N–H and O–H groups in total. The fraction of sp³-hybridized carbons (Fsp3) is 0.529. The van der Waals surface area contributed by atoms with Crippen LogP contribution >= 0.6 is 0 Å². The number of hydrogen-bond donors (Lipinski definition) is 0. The quantitative estimate of drug-likeness (QED) is 0.491. The molecule has 0 bridgehead atoms. The summed E-state index contributed by atoms with van der Waals surface area (Å²) in [6.45, 7) is 12.1. The van der Waals surface area contributed by atoms with Gasteiger partial charge >= 0.3 is 7.12 Å². The van der Waals surface area contributed by atoms with E-state index in [0.717, 1.165) is 16.4 Å². The Hall–Kier alpha value is -1.86. The lowest BCUT2D eigenvalue weighted by Crippen LogP contribution is -2.41. The van der Waals surface area contributed by atoms with Gasteiger partial charge in [-0.1, -0.05) is 0 Å². The van der Waals surface area contributed by atoms with Gasteiger partial charge in [0, 0.05) is 29.8 Å². The van der Waals surface area contributed by atoms with Gasteiger partial charge in [-0.25, -0.2) is 0 Å².